The molecule has 1 heterocycles. The molecular weight excluding hydrogens is 292 g/mol. The van der Waals surface area contributed by atoms with E-state index >= 15 is 0 Å². The molecule has 23 heavy (non-hydrogen) atoms. The number of amides is 1. The third kappa shape index (κ3) is 3.84. The second-order valence-electron chi connectivity index (χ2n) is 6.40. The molecule has 1 aromatic carbocycles. The number of aromatic nitrogens is 1. The topological polar surface area (TPSA) is 64.2 Å². The van der Waals surface area contributed by atoms with Crippen molar-refractivity contribution in [3.8, 4) is 0 Å². The monoisotopic (exact) mass is 316 g/mol. The number of unbranched alkanes of at least 4 members (excludes halogenated alkanes) is 1. The van der Waals surface area contributed by atoms with Crippen molar-refractivity contribution >= 4 is 17.1 Å². The summed E-state index contributed by atoms with van der Waals surface area (Å²) in [6, 6.07) is 6.55. The van der Waals surface area contributed by atoms with Crippen LogP contribution in [-0.2, 0) is 0 Å². The number of benzene rings is 1. The lowest BCUT2D eigenvalue weighted by molar-refractivity contribution is 0.240. The molecule has 3 rings (SSSR count). The fourth-order valence-electron chi connectivity index (χ4n) is 3.47. The lowest BCUT2D eigenvalue weighted by Crippen LogP contribution is -2.34. The van der Waals surface area contributed by atoms with Gasteiger partial charge in [-0.3, -0.25) is 0 Å². The van der Waals surface area contributed by atoms with E-state index in [4.69, 9.17) is 4.42 Å². The van der Waals surface area contributed by atoms with Gasteiger partial charge < -0.3 is 9.73 Å². The van der Waals surface area contributed by atoms with Gasteiger partial charge in [-0.05, 0) is 24.5 Å². The molecule has 5 nitrogen and oxygen atoms in total. The number of fused-ring (bicyclic) bond motifs is 1. The molecule has 1 amide bonds. The minimum absolute atomic E-state index is 0.405. The van der Waals surface area contributed by atoms with Crippen LogP contribution in [0, 0.1) is 5.92 Å². The molecule has 0 bridgehead atoms. The van der Waals surface area contributed by atoms with E-state index in [9.17, 15) is 9.59 Å². The van der Waals surface area contributed by atoms with Crippen molar-refractivity contribution in [2.75, 3.05) is 6.54 Å². The Morgan fingerprint density at radius 1 is 1.17 bits per heavy atom. The third-order valence-electron chi connectivity index (χ3n) is 4.73. The molecule has 2 aromatic rings. The molecular formula is C18H24N2O3. The van der Waals surface area contributed by atoms with Crippen LogP contribution in [0.2, 0.25) is 0 Å². The Hall–Kier alpha value is -2.04. The Balaban J connectivity index is 1.47. The number of para-hydroxylation sites is 2. The van der Waals surface area contributed by atoms with Gasteiger partial charge in [0.2, 0.25) is 0 Å². The van der Waals surface area contributed by atoms with Gasteiger partial charge in [-0.25, -0.2) is 9.59 Å². The van der Waals surface area contributed by atoms with Crippen molar-refractivity contribution < 1.29 is 9.21 Å². The molecule has 0 saturated heterocycles. The van der Waals surface area contributed by atoms with E-state index in [1.165, 1.54) is 38.5 Å². The zero-order chi connectivity index (χ0) is 16.1. The third-order valence-corrected chi connectivity index (χ3v) is 4.73. The van der Waals surface area contributed by atoms with Gasteiger partial charge in [-0.15, -0.1) is 0 Å². The van der Waals surface area contributed by atoms with Crippen LogP contribution in [0.1, 0.15) is 51.4 Å². The number of nitrogens with one attached hydrogen (secondary N) is 1. The summed E-state index contributed by atoms with van der Waals surface area (Å²) >= 11 is 0. The fraction of sp³-hybridized carbons (Fsp3) is 0.556. The predicted octanol–water partition coefficient (Wildman–Crippen LogP) is 3.90. The molecule has 0 spiro atoms. The van der Waals surface area contributed by atoms with Gasteiger partial charge in [0.15, 0.2) is 5.58 Å². The first-order valence-corrected chi connectivity index (χ1v) is 8.64. The zero-order valence-electron chi connectivity index (χ0n) is 13.4. The first kappa shape index (κ1) is 15.8. The Morgan fingerprint density at radius 3 is 2.78 bits per heavy atom. The second kappa shape index (κ2) is 7.49. The highest BCUT2D eigenvalue weighted by Crippen LogP contribution is 2.27. The number of carbonyl (C=O) groups is 1. The Labute approximate surface area is 135 Å². The minimum atomic E-state index is -0.633. The molecule has 1 saturated carbocycles. The summed E-state index contributed by atoms with van der Waals surface area (Å²) in [5.74, 6) is 0.241. The summed E-state index contributed by atoms with van der Waals surface area (Å²) in [6.07, 6.45) is 10.2. The minimum Gasteiger partial charge on any atom is -0.407 e. The maximum atomic E-state index is 12.2. The number of hydrogen-bond donors (Lipinski definition) is 1. The van der Waals surface area contributed by atoms with Gasteiger partial charge in [-0.2, -0.15) is 4.57 Å². The summed E-state index contributed by atoms with van der Waals surface area (Å²) in [6.45, 7) is 0.595. The second-order valence-corrected chi connectivity index (χ2v) is 6.40. The average Bonchev–Trinajstić information content (AvgIpc) is 2.91. The van der Waals surface area contributed by atoms with Crippen LogP contribution in [0.25, 0.3) is 11.1 Å². The number of rotatable bonds is 5. The molecule has 5 heteroatoms. The molecule has 1 aliphatic carbocycles. The van der Waals surface area contributed by atoms with Gasteiger partial charge in [0.1, 0.15) is 0 Å². The van der Waals surface area contributed by atoms with Crippen LogP contribution in [0.4, 0.5) is 4.79 Å². The Morgan fingerprint density at radius 2 is 1.96 bits per heavy atom. The first-order valence-electron chi connectivity index (χ1n) is 8.64. The Bertz CT molecular complexity index is 710. The summed E-state index contributed by atoms with van der Waals surface area (Å²) in [5.41, 5.74) is 0.946. The van der Waals surface area contributed by atoms with Gasteiger partial charge in [0.05, 0.1) is 5.52 Å². The van der Waals surface area contributed by atoms with Crippen LogP contribution >= 0.6 is 0 Å². The molecule has 1 N–H and O–H groups in total. The average molecular weight is 316 g/mol. The van der Waals surface area contributed by atoms with E-state index in [1.807, 2.05) is 0 Å². The maximum Gasteiger partial charge on any atom is 0.428 e. The lowest BCUT2D eigenvalue weighted by atomic mass is 9.86. The normalized spacial score (nSPS) is 15.8. The standard InChI is InChI=1S/C18H24N2O3/c21-17(19-13-7-6-10-14-8-2-1-3-9-14)20-15-11-4-5-12-16(15)23-18(20)22/h4-5,11-12,14H,1-3,6-10,13H2,(H,19,21). The lowest BCUT2D eigenvalue weighted by Gasteiger charge is -2.21. The maximum absolute atomic E-state index is 12.2. The van der Waals surface area contributed by atoms with Gasteiger partial charge in [0, 0.05) is 6.54 Å². The van der Waals surface area contributed by atoms with E-state index in [-0.39, 0.29) is 0 Å². The van der Waals surface area contributed by atoms with Crippen molar-refractivity contribution in [3.05, 3.63) is 34.8 Å². The predicted molar refractivity (Wildman–Crippen MR) is 89.7 cm³/mol. The Kier molecular flexibility index (Phi) is 5.16. The molecule has 0 aliphatic heterocycles. The SMILES string of the molecule is O=C(NCCCCC1CCCCC1)n1c(=O)oc2ccccc21. The molecule has 0 atom stereocenters. The molecule has 124 valence electrons. The van der Waals surface area contributed by atoms with Crippen LogP contribution in [0.5, 0.6) is 0 Å². The zero-order valence-corrected chi connectivity index (χ0v) is 13.4. The van der Waals surface area contributed by atoms with Crippen LogP contribution in [0.3, 0.4) is 0 Å². The molecule has 0 unspecified atom stereocenters. The summed E-state index contributed by atoms with van der Waals surface area (Å²) in [5, 5.41) is 2.82. The van der Waals surface area contributed by atoms with Crippen LogP contribution < -0.4 is 11.1 Å². The van der Waals surface area contributed by atoms with E-state index < -0.39 is 11.8 Å². The van der Waals surface area contributed by atoms with Crippen molar-refractivity contribution in [1.29, 1.82) is 0 Å². The summed E-state index contributed by atoms with van der Waals surface area (Å²) < 4.78 is 6.14. The van der Waals surface area contributed by atoms with Crippen molar-refractivity contribution in [3.63, 3.8) is 0 Å². The number of hydrogen-bond acceptors (Lipinski definition) is 3. The molecule has 1 aliphatic rings. The molecule has 0 radical (unpaired) electrons. The highest BCUT2D eigenvalue weighted by atomic mass is 16.4. The molecule has 1 fully saturated rings. The van der Waals surface area contributed by atoms with Gasteiger partial charge >= 0.3 is 11.8 Å². The summed E-state index contributed by atoms with van der Waals surface area (Å²) in [7, 11) is 0. The van der Waals surface area contributed by atoms with Crippen molar-refractivity contribution in [2.24, 2.45) is 5.92 Å². The van der Waals surface area contributed by atoms with E-state index in [0.717, 1.165) is 23.3 Å². The summed E-state index contributed by atoms with van der Waals surface area (Å²) in [4.78, 5) is 24.0. The van der Waals surface area contributed by atoms with Gasteiger partial charge in [-0.1, -0.05) is 57.1 Å². The fourth-order valence-corrected chi connectivity index (χ4v) is 3.47. The number of nitrogens with zero attached hydrogens (tertiary/aromatic N) is 1. The highest BCUT2D eigenvalue weighted by Gasteiger charge is 2.15. The molecule has 1 aromatic heterocycles. The van der Waals surface area contributed by atoms with Crippen LogP contribution in [-0.4, -0.2) is 17.1 Å². The highest BCUT2D eigenvalue weighted by molar-refractivity contribution is 5.87. The van der Waals surface area contributed by atoms with Gasteiger partial charge in [0.25, 0.3) is 0 Å². The largest absolute Gasteiger partial charge is 0.428 e. The van der Waals surface area contributed by atoms with Crippen LogP contribution in [0.15, 0.2) is 33.5 Å². The van der Waals surface area contributed by atoms with Crippen molar-refractivity contribution in [1.82, 2.24) is 9.88 Å². The quantitative estimate of drug-likeness (QED) is 0.851. The van der Waals surface area contributed by atoms with E-state index in [1.54, 1.807) is 24.3 Å². The number of oxazole rings is 1. The van der Waals surface area contributed by atoms with E-state index in [0.29, 0.717) is 17.6 Å². The smallest absolute Gasteiger partial charge is 0.407 e. The first-order chi connectivity index (χ1) is 11.3. The van der Waals surface area contributed by atoms with Crippen molar-refractivity contribution in [2.45, 2.75) is 51.4 Å². The number of carbonyl (C=O) groups excluding carboxylic acids is 1. The van der Waals surface area contributed by atoms with E-state index in [2.05, 4.69) is 5.32 Å².